The molecule has 0 aliphatic carbocycles. The van der Waals surface area contributed by atoms with Gasteiger partial charge in [-0.25, -0.2) is 9.59 Å². The third kappa shape index (κ3) is 7.45. The minimum Gasteiger partial charge on any atom is -0.462 e. The molecule has 0 bridgehead atoms. The molecule has 31 heavy (non-hydrogen) atoms. The van der Waals surface area contributed by atoms with Gasteiger partial charge in [-0.2, -0.15) is 0 Å². The average Bonchev–Trinajstić information content (AvgIpc) is 2.76. The highest BCUT2D eigenvalue weighted by Crippen LogP contribution is 2.26. The lowest BCUT2D eigenvalue weighted by molar-refractivity contribution is -0.139. The number of esters is 2. The molecule has 0 aromatic heterocycles. The van der Waals surface area contributed by atoms with E-state index in [0.29, 0.717) is 37.2 Å². The lowest BCUT2D eigenvalue weighted by atomic mass is 10.1. The quantitative estimate of drug-likeness (QED) is 0.370. The van der Waals surface area contributed by atoms with E-state index >= 15 is 0 Å². The van der Waals surface area contributed by atoms with E-state index in [2.05, 4.69) is 73.5 Å². The fourth-order valence-corrected chi connectivity index (χ4v) is 2.97. The highest BCUT2D eigenvalue weighted by molar-refractivity contribution is 5.87. The molecule has 5 heteroatoms. The third-order valence-electron chi connectivity index (χ3n) is 4.76. The second-order valence-corrected chi connectivity index (χ2v) is 7.41. The van der Waals surface area contributed by atoms with Crippen molar-refractivity contribution >= 4 is 23.3 Å². The van der Waals surface area contributed by atoms with Gasteiger partial charge >= 0.3 is 11.9 Å². The Balaban J connectivity index is 1.94. The van der Waals surface area contributed by atoms with Crippen molar-refractivity contribution in [2.45, 2.75) is 33.6 Å². The van der Waals surface area contributed by atoms with Crippen LogP contribution in [0, 0.1) is 0 Å². The molecule has 0 amide bonds. The van der Waals surface area contributed by atoms with Crippen LogP contribution in [0.2, 0.25) is 0 Å². The highest BCUT2D eigenvalue weighted by atomic mass is 16.5. The number of rotatable bonds is 11. The van der Waals surface area contributed by atoms with Crippen LogP contribution >= 0.6 is 0 Å². The van der Waals surface area contributed by atoms with E-state index in [1.807, 2.05) is 0 Å². The Bertz CT molecular complexity index is 838. The largest absolute Gasteiger partial charge is 0.462 e. The summed E-state index contributed by atoms with van der Waals surface area (Å²) in [5.41, 5.74) is 5.21. The van der Waals surface area contributed by atoms with Crippen molar-refractivity contribution in [3.8, 4) is 0 Å². The first-order valence-electron chi connectivity index (χ1n) is 10.4. The first kappa shape index (κ1) is 23.9. The van der Waals surface area contributed by atoms with Crippen molar-refractivity contribution < 1.29 is 19.1 Å². The summed E-state index contributed by atoms with van der Waals surface area (Å²) < 4.78 is 10.3. The zero-order chi connectivity index (χ0) is 22.8. The molecular weight excluding hydrogens is 390 g/mol. The number of ether oxygens (including phenoxy) is 2. The maximum atomic E-state index is 11.5. The van der Waals surface area contributed by atoms with Crippen molar-refractivity contribution in [1.82, 2.24) is 0 Å². The van der Waals surface area contributed by atoms with Gasteiger partial charge in [-0.15, -0.1) is 0 Å². The van der Waals surface area contributed by atoms with E-state index in [4.69, 9.17) is 9.47 Å². The van der Waals surface area contributed by atoms with Gasteiger partial charge in [-0.1, -0.05) is 37.4 Å². The summed E-state index contributed by atoms with van der Waals surface area (Å²) in [5, 5.41) is 0. The zero-order valence-corrected chi connectivity index (χ0v) is 18.6. The third-order valence-corrected chi connectivity index (χ3v) is 4.76. The van der Waals surface area contributed by atoms with Gasteiger partial charge in [0, 0.05) is 41.9 Å². The summed E-state index contributed by atoms with van der Waals surface area (Å²) in [7, 11) is 0. The van der Waals surface area contributed by atoms with Crippen LogP contribution in [-0.4, -0.2) is 31.7 Å². The Kier molecular flexibility index (Phi) is 9.07. The van der Waals surface area contributed by atoms with Crippen molar-refractivity contribution in [3.05, 3.63) is 84.0 Å². The van der Waals surface area contributed by atoms with Crippen LogP contribution in [-0.2, 0) is 31.9 Å². The monoisotopic (exact) mass is 421 g/mol. The van der Waals surface area contributed by atoms with Crippen LogP contribution in [0.5, 0.6) is 0 Å². The molecule has 0 N–H and O–H groups in total. The minimum atomic E-state index is -0.355. The molecule has 0 radical (unpaired) electrons. The summed E-state index contributed by atoms with van der Waals surface area (Å²) in [4.78, 5) is 25.1. The Morgan fingerprint density at radius 2 is 1.10 bits per heavy atom. The smallest absolute Gasteiger partial charge is 0.333 e. The van der Waals surface area contributed by atoms with Crippen LogP contribution < -0.4 is 4.90 Å². The Hall–Kier alpha value is -3.34. The summed E-state index contributed by atoms with van der Waals surface area (Å²) in [6, 6.07) is 16.5. The van der Waals surface area contributed by atoms with Crippen LogP contribution in [0.1, 0.15) is 31.9 Å². The van der Waals surface area contributed by atoms with Gasteiger partial charge in [0.25, 0.3) is 0 Å². The number of hydrogen-bond donors (Lipinski definition) is 0. The van der Waals surface area contributed by atoms with Crippen LogP contribution in [0.25, 0.3) is 0 Å². The maximum Gasteiger partial charge on any atom is 0.333 e. The number of anilines is 2. The van der Waals surface area contributed by atoms with Gasteiger partial charge in [-0.3, -0.25) is 0 Å². The molecule has 0 unspecified atom stereocenters. The molecule has 0 saturated carbocycles. The number of carbonyl (C=O) groups excluding carboxylic acids is 2. The van der Waals surface area contributed by atoms with E-state index in [1.165, 1.54) is 0 Å². The maximum absolute atomic E-state index is 11.5. The van der Waals surface area contributed by atoms with Crippen molar-refractivity contribution in [2.24, 2.45) is 0 Å². The van der Waals surface area contributed by atoms with Gasteiger partial charge in [0.1, 0.15) is 0 Å². The fraction of sp³-hybridized carbons (Fsp3) is 0.308. The van der Waals surface area contributed by atoms with Gasteiger partial charge < -0.3 is 14.4 Å². The number of carbonyl (C=O) groups is 2. The first-order valence-corrected chi connectivity index (χ1v) is 10.4. The molecule has 2 rings (SSSR count). The van der Waals surface area contributed by atoms with Crippen molar-refractivity contribution in [2.75, 3.05) is 24.7 Å². The topological polar surface area (TPSA) is 55.8 Å². The second-order valence-electron chi connectivity index (χ2n) is 7.41. The number of nitrogens with zero attached hydrogens (tertiary/aromatic N) is 1. The summed E-state index contributed by atoms with van der Waals surface area (Å²) >= 11 is 0. The predicted octanol–water partition coefficient (Wildman–Crippen LogP) is 5.17. The molecule has 0 heterocycles. The average molecular weight is 422 g/mol. The Labute approximate surface area is 185 Å². The van der Waals surface area contributed by atoms with Crippen LogP contribution in [0.3, 0.4) is 0 Å². The number of benzene rings is 2. The summed E-state index contributed by atoms with van der Waals surface area (Å²) in [6.45, 7) is 14.1. The zero-order valence-electron chi connectivity index (χ0n) is 18.6. The molecule has 0 atom stereocenters. The van der Waals surface area contributed by atoms with Crippen molar-refractivity contribution in [1.29, 1.82) is 0 Å². The Morgan fingerprint density at radius 1 is 0.742 bits per heavy atom. The van der Waals surface area contributed by atoms with Crippen LogP contribution in [0.4, 0.5) is 11.4 Å². The van der Waals surface area contributed by atoms with E-state index < -0.39 is 0 Å². The normalized spacial score (nSPS) is 10.3. The molecule has 0 fully saturated rings. The molecule has 2 aromatic rings. The molecule has 0 aliphatic rings. The SMILES string of the molecule is C=C(C)C(=O)OCCc1ccc(N(CC)c2ccc(CCOC(=O)C(=C)C)cc2)cc1. The van der Waals surface area contributed by atoms with Crippen LogP contribution in [0.15, 0.2) is 72.8 Å². The van der Waals surface area contributed by atoms with Crippen molar-refractivity contribution in [3.63, 3.8) is 0 Å². The molecule has 0 saturated heterocycles. The first-order chi connectivity index (χ1) is 14.8. The van der Waals surface area contributed by atoms with Gasteiger partial charge in [0.2, 0.25) is 0 Å². The number of hydrogen-bond acceptors (Lipinski definition) is 5. The molecule has 0 spiro atoms. The molecule has 5 nitrogen and oxygen atoms in total. The lowest BCUT2D eigenvalue weighted by Crippen LogP contribution is -2.16. The van der Waals surface area contributed by atoms with Gasteiger partial charge in [-0.05, 0) is 56.2 Å². The minimum absolute atomic E-state index is 0.339. The summed E-state index contributed by atoms with van der Waals surface area (Å²) in [6.07, 6.45) is 1.33. The molecule has 2 aromatic carbocycles. The van der Waals surface area contributed by atoms with E-state index in [1.54, 1.807) is 13.8 Å². The lowest BCUT2D eigenvalue weighted by Gasteiger charge is -2.24. The summed E-state index contributed by atoms with van der Waals surface area (Å²) in [5.74, 6) is -0.711. The fourth-order valence-electron chi connectivity index (χ4n) is 2.97. The van der Waals surface area contributed by atoms with Gasteiger partial charge in [0.05, 0.1) is 13.2 Å². The Morgan fingerprint density at radius 3 is 1.39 bits per heavy atom. The standard InChI is InChI=1S/C26H31NO4/c1-6-27(23-11-7-21(8-12-23)15-17-30-25(28)19(2)3)24-13-9-22(10-14-24)16-18-31-26(29)20(4)5/h7-14H,2,4,6,15-18H2,1,3,5H3. The molecular formula is C26H31NO4. The van der Waals surface area contributed by atoms with E-state index in [9.17, 15) is 9.59 Å². The highest BCUT2D eigenvalue weighted by Gasteiger charge is 2.09. The second kappa shape index (κ2) is 11.7. The predicted molar refractivity (Wildman–Crippen MR) is 125 cm³/mol. The van der Waals surface area contributed by atoms with E-state index in [-0.39, 0.29) is 11.9 Å². The van der Waals surface area contributed by atoms with E-state index in [0.717, 1.165) is 29.0 Å². The van der Waals surface area contributed by atoms with Gasteiger partial charge in [0.15, 0.2) is 0 Å². The molecule has 164 valence electrons. The molecule has 0 aliphatic heterocycles.